The number of anilines is 2. The van der Waals surface area contributed by atoms with Gasteiger partial charge in [0.15, 0.2) is 0 Å². The minimum Gasteiger partial charge on any atom is -0.346 e. The molecule has 1 aliphatic heterocycles. The third-order valence-corrected chi connectivity index (χ3v) is 7.98. The van der Waals surface area contributed by atoms with Crippen LogP contribution in [0, 0.1) is 18.8 Å². The van der Waals surface area contributed by atoms with Gasteiger partial charge in [-0.05, 0) is 75.1 Å². The summed E-state index contributed by atoms with van der Waals surface area (Å²) in [5.74, 6) is 1.59. The second kappa shape index (κ2) is 8.05. The van der Waals surface area contributed by atoms with E-state index < -0.39 is 0 Å². The van der Waals surface area contributed by atoms with Crippen molar-refractivity contribution in [3.05, 3.63) is 60.2 Å². The Morgan fingerprint density at radius 3 is 1.93 bits per heavy atom. The first-order valence-corrected chi connectivity index (χ1v) is 11.9. The van der Waals surface area contributed by atoms with E-state index in [1.54, 1.807) is 0 Å². The van der Waals surface area contributed by atoms with Crippen molar-refractivity contribution in [1.29, 1.82) is 0 Å². The second-order valence-corrected chi connectivity index (χ2v) is 9.67. The molecule has 0 bridgehead atoms. The molecule has 3 fully saturated rings. The Balaban J connectivity index is 1.64. The number of rotatable bonds is 4. The lowest BCUT2D eigenvalue weighted by atomic mass is 9.91. The summed E-state index contributed by atoms with van der Waals surface area (Å²) in [6, 6.07) is 21.6. The van der Waals surface area contributed by atoms with Gasteiger partial charge in [-0.1, -0.05) is 62.1 Å². The van der Waals surface area contributed by atoms with E-state index in [1.807, 2.05) is 0 Å². The van der Waals surface area contributed by atoms with Gasteiger partial charge in [-0.15, -0.1) is 0 Å². The smallest absolute Gasteiger partial charge is 0.105 e. The Hall–Kier alpha value is -1.96. The zero-order chi connectivity index (χ0) is 19.8. The van der Waals surface area contributed by atoms with E-state index in [1.165, 1.54) is 68.3 Å². The van der Waals surface area contributed by atoms with Gasteiger partial charge in [0.1, 0.15) is 6.17 Å². The van der Waals surface area contributed by atoms with Crippen molar-refractivity contribution in [2.24, 2.45) is 11.8 Å². The fraction of sp³-hybridized carbons (Fsp3) is 0.556. The quantitative estimate of drug-likeness (QED) is 0.569. The molecule has 3 aliphatic rings. The van der Waals surface area contributed by atoms with Gasteiger partial charge in [0.2, 0.25) is 0 Å². The van der Waals surface area contributed by atoms with E-state index in [0.717, 1.165) is 11.8 Å². The van der Waals surface area contributed by atoms with Crippen LogP contribution in [-0.2, 0) is 0 Å². The molecule has 2 unspecified atom stereocenters. The van der Waals surface area contributed by atoms with Gasteiger partial charge in [0.05, 0.1) is 6.04 Å². The van der Waals surface area contributed by atoms with Gasteiger partial charge in [-0.2, -0.15) is 0 Å². The molecule has 1 saturated heterocycles. The average molecular weight is 389 g/mol. The summed E-state index contributed by atoms with van der Waals surface area (Å²) in [5.41, 5.74) is 4.31. The minimum atomic E-state index is 0.488. The molecule has 2 saturated carbocycles. The van der Waals surface area contributed by atoms with Crippen LogP contribution in [0.2, 0.25) is 0 Å². The third kappa shape index (κ3) is 3.35. The third-order valence-electron chi connectivity index (χ3n) is 7.98. The first-order valence-electron chi connectivity index (χ1n) is 11.9. The molecule has 154 valence electrons. The zero-order valence-corrected chi connectivity index (χ0v) is 18.1. The van der Waals surface area contributed by atoms with Gasteiger partial charge in [-0.3, -0.25) is 0 Å². The van der Waals surface area contributed by atoms with Crippen LogP contribution in [0.5, 0.6) is 0 Å². The number of hydrogen-bond donors (Lipinski definition) is 0. The SMILES string of the molecule is Cc1ccccc1N1C(C2CCCC2)N(c2ccccc2)C(C2CCCC2)[C@@H]1C. The van der Waals surface area contributed by atoms with Gasteiger partial charge >= 0.3 is 0 Å². The highest BCUT2D eigenvalue weighted by Crippen LogP contribution is 2.48. The molecule has 2 aromatic rings. The maximum atomic E-state index is 2.88. The molecular weight excluding hydrogens is 352 g/mol. The summed E-state index contributed by atoms with van der Waals surface area (Å²) in [6.07, 6.45) is 11.7. The molecule has 2 aromatic carbocycles. The second-order valence-electron chi connectivity index (χ2n) is 9.67. The fourth-order valence-corrected chi connectivity index (χ4v) is 6.72. The van der Waals surface area contributed by atoms with Crippen molar-refractivity contribution in [2.75, 3.05) is 9.80 Å². The fourth-order valence-electron chi connectivity index (χ4n) is 6.72. The molecule has 3 atom stereocenters. The molecule has 2 aliphatic carbocycles. The van der Waals surface area contributed by atoms with Crippen molar-refractivity contribution >= 4 is 11.4 Å². The number of hydrogen-bond acceptors (Lipinski definition) is 2. The van der Waals surface area contributed by atoms with Crippen LogP contribution in [0.1, 0.15) is 63.9 Å². The summed E-state index contributed by atoms with van der Waals surface area (Å²) in [4.78, 5) is 5.71. The Labute approximate surface area is 176 Å². The molecule has 0 radical (unpaired) electrons. The monoisotopic (exact) mass is 388 g/mol. The Bertz CT molecular complexity index is 804. The van der Waals surface area contributed by atoms with E-state index >= 15 is 0 Å². The number of nitrogens with zero attached hydrogens (tertiary/aromatic N) is 2. The van der Waals surface area contributed by atoms with E-state index in [4.69, 9.17) is 0 Å². The highest BCUT2D eigenvalue weighted by atomic mass is 15.5. The first kappa shape index (κ1) is 19.0. The Morgan fingerprint density at radius 2 is 1.28 bits per heavy atom. The molecule has 29 heavy (non-hydrogen) atoms. The van der Waals surface area contributed by atoms with Crippen molar-refractivity contribution in [3.63, 3.8) is 0 Å². The van der Waals surface area contributed by atoms with Crippen LogP contribution >= 0.6 is 0 Å². The maximum Gasteiger partial charge on any atom is 0.105 e. The zero-order valence-electron chi connectivity index (χ0n) is 18.1. The number of benzene rings is 2. The van der Waals surface area contributed by atoms with Crippen molar-refractivity contribution in [3.8, 4) is 0 Å². The van der Waals surface area contributed by atoms with Gasteiger partial charge in [0.25, 0.3) is 0 Å². The Kier molecular flexibility index (Phi) is 5.28. The summed E-state index contributed by atoms with van der Waals surface area (Å²) in [5, 5.41) is 0. The number of para-hydroxylation sites is 2. The van der Waals surface area contributed by atoms with Crippen LogP contribution in [-0.4, -0.2) is 18.2 Å². The average Bonchev–Trinajstić information content (AvgIpc) is 3.49. The predicted octanol–water partition coefficient (Wildman–Crippen LogP) is 6.79. The summed E-state index contributed by atoms with van der Waals surface area (Å²) >= 11 is 0. The lowest BCUT2D eigenvalue weighted by Crippen LogP contribution is -2.47. The van der Waals surface area contributed by atoms with Crippen LogP contribution in [0.4, 0.5) is 11.4 Å². The lowest BCUT2D eigenvalue weighted by Gasteiger charge is -2.40. The van der Waals surface area contributed by atoms with Crippen molar-refractivity contribution in [1.82, 2.24) is 0 Å². The van der Waals surface area contributed by atoms with E-state index in [0.29, 0.717) is 18.2 Å². The molecular formula is C27H36N2. The molecule has 2 nitrogen and oxygen atoms in total. The normalized spacial score (nSPS) is 28.6. The summed E-state index contributed by atoms with van der Waals surface area (Å²) < 4.78 is 0. The Morgan fingerprint density at radius 1 is 0.690 bits per heavy atom. The van der Waals surface area contributed by atoms with Crippen LogP contribution in [0.15, 0.2) is 54.6 Å². The lowest BCUT2D eigenvalue weighted by molar-refractivity contribution is 0.384. The van der Waals surface area contributed by atoms with Crippen LogP contribution < -0.4 is 9.80 Å². The number of aryl methyl sites for hydroxylation is 1. The molecule has 0 aromatic heterocycles. The molecule has 0 N–H and O–H groups in total. The molecule has 2 heteroatoms. The maximum absolute atomic E-state index is 2.88. The van der Waals surface area contributed by atoms with E-state index in [9.17, 15) is 0 Å². The minimum absolute atomic E-state index is 0.488. The molecule has 0 amide bonds. The van der Waals surface area contributed by atoms with Crippen LogP contribution in [0.25, 0.3) is 0 Å². The summed E-state index contributed by atoms with van der Waals surface area (Å²) in [7, 11) is 0. The molecule has 5 rings (SSSR count). The first-order chi connectivity index (χ1) is 14.3. The topological polar surface area (TPSA) is 6.48 Å². The highest BCUT2D eigenvalue weighted by Gasteiger charge is 2.51. The van der Waals surface area contributed by atoms with Gasteiger partial charge in [0, 0.05) is 17.4 Å². The standard InChI is InChI=1S/C27H36N2/c1-20-12-6-11-19-25(20)28-21(2)26(22-13-7-8-14-22)29(24-17-4-3-5-18-24)27(28)23-15-9-10-16-23/h3-6,11-12,17-19,21-23,26-27H,7-10,13-16H2,1-2H3/t21-,26?,27?/m0/s1. The summed E-state index contributed by atoms with van der Waals surface area (Å²) in [6.45, 7) is 4.81. The van der Waals surface area contributed by atoms with Gasteiger partial charge in [-0.25, -0.2) is 0 Å². The van der Waals surface area contributed by atoms with Crippen molar-refractivity contribution in [2.45, 2.75) is 83.5 Å². The van der Waals surface area contributed by atoms with Crippen LogP contribution in [0.3, 0.4) is 0 Å². The van der Waals surface area contributed by atoms with E-state index in [-0.39, 0.29) is 0 Å². The molecule has 1 heterocycles. The largest absolute Gasteiger partial charge is 0.346 e. The highest BCUT2D eigenvalue weighted by molar-refractivity contribution is 5.62. The van der Waals surface area contributed by atoms with Crippen molar-refractivity contribution < 1.29 is 0 Å². The predicted molar refractivity (Wildman–Crippen MR) is 124 cm³/mol. The van der Waals surface area contributed by atoms with E-state index in [2.05, 4.69) is 78.2 Å². The van der Waals surface area contributed by atoms with Gasteiger partial charge < -0.3 is 9.80 Å². The molecule has 0 spiro atoms.